The molecule has 0 spiro atoms. The maximum atomic E-state index is 12.2. The molecule has 3 heterocycles. The molecule has 0 unspecified atom stereocenters. The fourth-order valence-corrected chi connectivity index (χ4v) is 3.07. The van der Waals surface area contributed by atoms with Gasteiger partial charge in [0.1, 0.15) is 5.76 Å². The summed E-state index contributed by atoms with van der Waals surface area (Å²) in [5.41, 5.74) is 1.20. The summed E-state index contributed by atoms with van der Waals surface area (Å²) in [4.78, 5) is 16.5. The Morgan fingerprint density at radius 2 is 1.92 bits per heavy atom. The molecule has 0 bridgehead atoms. The molecule has 0 atom stereocenters. The summed E-state index contributed by atoms with van der Waals surface area (Å²) >= 11 is 0. The standard InChI is InChI=1S/C19H20N2O4/c22-19(6-4-16-2-1-11-23-16)21-9-7-20(8-10-21)13-15-3-5-17-18(12-15)25-14-24-17/h1-6,11-12H,7-10,13-14H2. The van der Waals surface area contributed by atoms with Crippen LogP contribution < -0.4 is 9.47 Å². The van der Waals surface area contributed by atoms with E-state index in [0.717, 1.165) is 44.2 Å². The van der Waals surface area contributed by atoms with Gasteiger partial charge >= 0.3 is 0 Å². The molecule has 6 heteroatoms. The van der Waals surface area contributed by atoms with Gasteiger partial charge in [-0.05, 0) is 35.9 Å². The first-order chi connectivity index (χ1) is 12.3. The van der Waals surface area contributed by atoms with Gasteiger partial charge in [-0.1, -0.05) is 6.07 Å². The van der Waals surface area contributed by atoms with Gasteiger partial charge in [0.2, 0.25) is 12.7 Å². The summed E-state index contributed by atoms with van der Waals surface area (Å²) in [7, 11) is 0. The van der Waals surface area contributed by atoms with Crippen LogP contribution in [0.15, 0.2) is 47.1 Å². The van der Waals surface area contributed by atoms with Gasteiger partial charge in [0.25, 0.3) is 0 Å². The van der Waals surface area contributed by atoms with Crippen LogP contribution in [0.25, 0.3) is 6.08 Å². The van der Waals surface area contributed by atoms with E-state index in [9.17, 15) is 4.79 Å². The van der Waals surface area contributed by atoms with Crippen molar-refractivity contribution < 1.29 is 18.7 Å². The van der Waals surface area contributed by atoms with Crippen LogP contribution in [-0.4, -0.2) is 48.7 Å². The zero-order valence-electron chi connectivity index (χ0n) is 13.9. The summed E-state index contributed by atoms with van der Waals surface area (Å²) in [5.74, 6) is 2.34. The van der Waals surface area contributed by atoms with Crippen LogP contribution in [0.5, 0.6) is 11.5 Å². The molecule has 4 rings (SSSR count). The van der Waals surface area contributed by atoms with E-state index in [-0.39, 0.29) is 5.91 Å². The number of rotatable bonds is 4. The number of carbonyl (C=O) groups is 1. The van der Waals surface area contributed by atoms with Crippen LogP contribution in [0.1, 0.15) is 11.3 Å². The molecule has 0 radical (unpaired) electrons. The van der Waals surface area contributed by atoms with Crippen LogP contribution in [-0.2, 0) is 11.3 Å². The number of hydrogen-bond acceptors (Lipinski definition) is 5. The minimum atomic E-state index is 0.0270. The van der Waals surface area contributed by atoms with E-state index < -0.39 is 0 Å². The molecule has 2 aromatic rings. The Balaban J connectivity index is 1.29. The van der Waals surface area contributed by atoms with Gasteiger partial charge in [-0.2, -0.15) is 0 Å². The topological polar surface area (TPSA) is 55.2 Å². The zero-order valence-corrected chi connectivity index (χ0v) is 13.9. The number of ether oxygens (including phenoxy) is 2. The average Bonchev–Trinajstić information content (AvgIpc) is 3.31. The van der Waals surface area contributed by atoms with Gasteiger partial charge in [0.05, 0.1) is 6.26 Å². The van der Waals surface area contributed by atoms with Crippen molar-refractivity contribution in [3.63, 3.8) is 0 Å². The Hall–Kier alpha value is -2.73. The molecular weight excluding hydrogens is 320 g/mol. The molecule has 130 valence electrons. The van der Waals surface area contributed by atoms with Crippen LogP contribution >= 0.6 is 0 Å². The highest BCUT2D eigenvalue weighted by Crippen LogP contribution is 2.32. The highest BCUT2D eigenvalue weighted by atomic mass is 16.7. The maximum absolute atomic E-state index is 12.2. The monoisotopic (exact) mass is 340 g/mol. The third-order valence-electron chi connectivity index (χ3n) is 4.46. The molecular formula is C19H20N2O4. The van der Waals surface area contributed by atoms with Gasteiger partial charge < -0.3 is 18.8 Å². The first-order valence-corrected chi connectivity index (χ1v) is 8.39. The highest BCUT2D eigenvalue weighted by Gasteiger charge is 2.20. The maximum Gasteiger partial charge on any atom is 0.246 e. The van der Waals surface area contributed by atoms with E-state index in [4.69, 9.17) is 13.9 Å². The smallest absolute Gasteiger partial charge is 0.246 e. The summed E-state index contributed by atoms with van der Waals surface area (Å²) < 4.78 is 16.0. The molecule has 0 saturated carbocycles. The largest absolute Gasteiger partial charge is 0.465 e. The van der Waals surface area contributed by atoms with Crippen molar-refractivity contribution in [2.24, 2.45) is 0 Å². The van der Waals surface area contributed by atoms with Crippen molar-refractivity contribution in [1.82, 2.24) is 9.80 Å². The van der Waals surface area contributed by atoms with Crippen LogP contribution in [0.4, 0.5) is 0 Å². The first kappa shape index (κ1) is 15.8. The van der Waals surface area contributed by atoms with E-state index in [1.807, 2.05) is 23.1 Å². The average molecular weight is 340 g/mol. The van der Waals surface area contributed by atoms with Gasteiger partial charge in [-0.25, -0.2) is 0 Å². The number of furan rings is 1. The Kier molecular flexibility index (Phi) is 4.43. The summed E-state index contributed by atoms with van der Waals surface area (Å²) in [6, 6.07) is 9.69. The minimum absolute atomic E-state index is 0.0270. The summed E-state index contributed by atoms with van der Waals surface area (Å²) in [6.45, 7) is 4.31. The van der Waals surface area contributed by atoms with Gasteiger partial charge in [0.15, 0.2) is 11.5 Å². The molecule has 2 aliphatic rings. The van der Waals surface area contributed by atoms with Crippen LogP contribution in [0.3, 0.4) is 0 Å². The van der Waals surface area contributed by atoms with Gasteiger partial charge in [0, 0.05) is 38.8 Å². The molecule has 6 nitrogen and oxygen atoms in total. The van der Waals surface area contributed by atoms with Crippen LogP contribution in [0.2, 0.25) is 0 Å². The zero-order chi connectivity index (χ0) is 17.1. The summed E-state index contributed by atoms with van der Waals surface area (Å²) in [5, 5.41) is 0. The molecule has 1 saturated heterocycles. The lowest BCUT2D eigenvalue weighted by Gasteiger charge is -2.34. The third kappa shape index (κ3) is 3.69. The SMILES string of the molecule is O=C(C=Cc1ccco1)N1CCN(Cc2ccc3c(c2)OCO3)CC1. The number of hydrogen-bond donors (Lipinski definition) is 0. The second kappa shape index (κ2) is 7.03. The number of amides is 1. The lowest BCUT2D eigenvalue weighted by atomic mass is 10.1. The van der Waals surface area contributed by atoms with E-state index in [1.54, 1.807) is 24.5 Å². The Morgan fingerprint density at radius 3 is 2.72 bits per heavy atom. The number of nitrogens with zero attached hydrogens (tertiary/aromatic N) is 2. The Labute approximate surface area is 146 Å². The lowest BCUT2D eigenvalue weighted by molar-refractivity contribution is -0.127. The second-order valence-corrected chi connectivity index (χ2v) is 6.14. The number of fused-ring (bicyclic) bond motifs is 1. The van der Waals surface area contributed by atoms with Crippen molar-refractivity contribution in [2.75, 3.05) is 33.0 Å². The Bertz CT molecular complexity index is 762. The predicted octanol–water partition coefficient (Wildman–Crippen LogP) is 2.37. The molecule has 2 aliphatic heterocycles. The van der Waals surface area contributed by atoms with E-state index >= 15 is 0 Å². The summed E-state index contributed by atoms with van der Waals surface area (Å²) in [6.07, 6.45) is 4.88. The third-order valence-corrected chi connectivity index (χ3v) is 4.46. The predicted molar refractivity (Wildman–Crippen MR) is 92.2 cm³/mol. The molecule has 1 fully saturated rings. The van der Waals surface area contributed by atoms with Gasteiger partial charge in [-0.3, -0.25) is 9.69 Å². The molecule has 1 amide bonds. The highest BCUT2D eigenvalue weighted by molar-refractivity contribution is 5.91. The van der Waals surface area contributed by atoms with Crippen molar-refractivity contribution >= 4 is 12.0 Å². The molecule has 1 aromatic heterocycles. The molecule has 0 N–H and O–H groups in total. The fraction of sp³-hybridized carbons (Fsp3) is 0.316. The quantitative estimate of drug-likeness (QED) is 0.800. The van der Waals surface area contributed by atoms with Crippen molar-refractivity contribution in [3.8, 4) is 11.5 Å². The number of benzene rings is 1. The first-order valence-electron chi connectivity index (χ1n) is 8.39. The van der Waals surface area contributed by atoms with Gasteiger partial charge in [-0.15, -0.1) is 0 Å². The number of carbonyl (C=O) groups excluding carboxylic acids is 1. The van der Waals surface area contributed by atoms with Crippen molar-refractivity contribution in [2.45, 2.75) is 6.54 Å². The van der Waals surface area contributed by atoms with E-state index in [2.05, 4.69) is 11.0 Å². The Morgan fingerprint density at radius 1 is 1.08 bits per heavy atom. The van der Waals surface area contributed by atoms with Crippen molar-refractivity contribution in [1.29, 1.82) is 0 Å². The molecule has 0 aliphatic carbocycles. The second-order valence-electron chi connectivity index (χ2n) is 6.14. The van der Waals surface area contributed by atoms with Crippen LogP contribution in [0, 0.1) is 0 Å². The lowest BCUT2D eigenvalue weighted by Crippen LogP contribution is -2.47. The molecule has 1 aromatic carbocycles. The fourth-order valence-electron chi connectivity index (χ4n) is 3.07. The van der Waals surface area contributed by atoms with E-state index in [1.165, 1.54) is 5.56 Å². The number of piperazine rings is 1. The van der Waals surface area contributed by atoms with E-state index in [0.29, 0.717) is 12.6 Å². The minimum Gasteiger partial charge on any atom is -0.465 e. The molecule has 25 heavy (non-hydrogen) atoms. The normalized spacial score (nSPS) is 17.4. The van der Waals surface area contributed by atoms with Crippen molar-refractivity contribution in [3.05, 3.63) is 54.0 Å².